The lowest BCUT2D eigenvalue weighted by Gasteiger charge is -2.33. The summed E-state index contributed by atoms with van der Waals surface area (Å²) < 4.78 is 51.0. The van der Waals surface area contributed by atoms with Crippen molar-refractivity contribution in [2.45, 2.75) is 51.2 Å². The molecule has 0 atom stereocenters. The topological polar surface area (TPSA) is 80.8 Å². The van der Waals surface area contributed by atoms with Crippen LogP contribution in [0.4, 0.5) is 13.2 Å². The van der Waals surface area contributed by atoms with Crippen molar-refractivity contribution in [2.75, 3.05) is 33.9 Å². The van der Waals surface area contributed by atoms with Gasteiger partial charge in [-0.3, -0.25) is 9.59 Å². The van der Waals surface area contributed by atoms with Crippen molar-refractivity contribution < 1.29 is 32.2 Å². The largest absolute Gasteiger partial charge is 0.477 e. The first-order valence-corrected chi connectivity index (χ1v) is 10.4. The van der Waals surface area contributed by atoms with Crippen molar-refractivity contribution >= 4 is 11.8 Å². The Kier molecular flexibility index (Phi) is 8.27. The molecule has 1 fully saturated rings. The Bertz CT molecular complexity index is 774. The Morgan fingerprint density at radius 1 is 1.19 bits per heavy atom. The van der Waals surface area contributed by atoms with Crippen LogP contribution < -0.4 is 10.1 Å². The van der Waals surface area contributed by atoms with Gasteiger partial charge < -0.3 is 19.7 Å². The smallest absolute Gasteiger partial charge is 0.421 e. The van der Waals surface area contributed by atoms with E-state index in [1.54, 1.807) is 27.9 Å². The summed E-state index contributed by atoms with van der Waals surface area (Å²) in [5, 5.41) is 2.67. The van der Waals surface area contributed by atoms with Crippen molar-refractivity contribution in [3.63, 3.8) is 0 Å². The van der Waals surface area contributed by atoms with E-state index in [0.717, 1.165) is 12.1 Å². The van der Waals surface area contributed by atoms with E-state index in [9.17, 15) is 22.8 Å². The minimum Gasteiger partial charge on any atom is -0.477 e. The predicted octanol–water partition coefficient (Wildman–Crippen LogP) is 3.28. The summed E-state index contributed by atoms with van der Waals surface area (Å²) in [7, 11) is 3.15. The summed E-state index contributed by atoms with van der Waals surface area (Å²) in [5.74, 6) is -1.61. The summed E-state index contributed by atoms with van der Waals surface area (Å²) in [5.41, 5.74) is -2.46. The van der Waals surface area contributed by atoms with Crippen LogP contribution in [0.3, 0.4) is 0 Å². The van der Waals surface area contributed by atoms with Gasteiger partial charge in [0.15, 0.2) is 0 Å². The van der Waals surface area contributed by atoms with E-state index >= 15 is 0 Å². The minimum atomic E-state index is -4.68. The van der Waals surface area contributed by atoms with Gasteiger partial charge in [0.05, 0.1) is 6.61 Å². The van der Waals surface area contributed by atoms with Crippen molar-refractivity contribution in [1.29, 1.82) is 0 Å². The fourth-order valence-corrected chi connectivity index (χ4v) is 3.49. The van der Waals surface area contributed by atoms with Gasteiger partial charge in [0.25, 0.3) is 5.91 Å². The van der Waals surface area contributed by atoms with E-state index < -0.39 is 29.1 Å². The van der Waals surface area contributed by atoms with Crippen LogP contribution in [-0.4, -0.2) is 61.2 Å². The van der Waals surface area contributed by atoms with Gasteiger partial charge in [-0.05, 0) is 43.7 Å². The molecule has 1 saturated heterocycles. The Hall–Kier alpha value is -2.36. The molecule has 174 valence electrons. The highest BCUT2D eigenvalue weighted by atomic mass is 19.4. The number of ether oxygens (including phenoxy) is 2. The van der Waals surface area contributed by atoms with Crippen molar-refractivity contribution in [3.05, 3.63) is 23.4 Å². The number of carbonyl (C=O) groups excluding carboxylic acids is 2. The van der Waals surface area contributed by atoms with Crippen LogP contribution in [-0.2, 0) is 15.7 Å². The number of alkyl halides is 3. The molecule has 7 nitrogen and oxygen atoms in total. The Balaban J connectivity index is 2.28. The molecule has 0 bridgehead atoms. The first-order chi connectivity index (χ1) is 14.5. The highest BCUT2D eigenvalue weighted by Gasteiger charge is 2.39. The van der Waals surface area contributed by atoms with Crippen LogP contribution >= 0.6 is 0 Å². The molecule has 0 unspecified atom stereocenters. The molecule has 10 heteroatoms. The number of aromatic nitrogens is 1. The minimum absolute atomic E-state index is 0.0531. The SMILES string of the molecule is CCC(CC)(NC(=O)c1ccc(C(F)(F)F)c(OCC2CCOCC2)n1)C(=O)N(C)C. The molecular formula is C21H30F3N3O4. The van der Waals surface area contributed by atoms with Gasteiger partial charge in [0.1, 0.15) is 16.8 Å². The third-order valence-electron chi connectivity index (χ3n) is 5.57. The van der Waals surface area contributed by atoms with Crippen molar-refractivity contribution in [1.82, 2.24) is 15.2 Å². The maximum absolute atomic E-state index is 13.4. The first kappa shape index (κ1) is 24.9. The van der Waals surface area contributed by atoms with Crippen LogP contribution in [0.25, 0.3) is 0 Å². The summed E-state index contributed by atoms with van der Waals surface area (Å²) in [6, 6.07) is 1.78. The molecule has 1 aromatic heterocycles. The molecule has 2 rings (SSSR count). The molecule has 0 radical (unpaired) electrons. The number of carbonyl (C=O) groups is 2. The lowest BCUT2D eigenvalue weighted by molar-refractivity contribution is -0.139. The Morgan fingerprint density at radius 3 is 2.32 bits per heavy atom. The average molecular weight is 445 g/mol. The molecule has 2 amide bonds. The van der Waals surface area contributed by atoms with Gasteiger partial charge in [-0.25, -0.2) is 4.98 Å². The summed E-state index contributed by atoms with van der Waals surface area (Å²) >= 11 is 0. The maximum Gasteiger partial charge on any atom is 0.421 e. The fraction of sp³-hybridized carbons (Fsp3) is 0.667. The second-order valence-electron chi connectivity index (χ2n) is 7.86. The quantitative estimate of drug-likeness (QED) is 0.664. The van der Waals surface area contributed by atoms with E-state index in [1.165, 1.54) is 4.90 Å². The lowest BCUT2D eigenvalue weighted by Crippen LogP contribution is -2.57. The first-order valence-electron chi connectivity index (χ1n) is 10.4. The monoisotopic (exact) mass is 445 g/mol. The summed E-state index contributed by atoms with van der Waals surface area (Å²) in [6.45, 7) is 4.64. The molecule has 1 aromatic rings. The van der Waals surface area contributed by atoms with E-state index in [4.69, 9.17) is 9.47 Å². The number of hydrogen-bond donors (Lipinski definition) is 1. The third kappa shape index (κ3) is 6.09. The number of nitrogens with zero attached hydrogens (tertiary/aromatic N) is 2. The van der Waals surface area contributed by atoms with Gasteiger partial charge >= 0.3 is 6.18 Å². The Morgan fingerprint density at radius 2 is 1.81 bits per heavy atom. The number of hydrogen-bond acceptors (Lipinski definition) is 5. The number of pyridine rings is 1. The second-order valence-corrected chi connectivity index (χ2v) is 7.86. The number of likely N-dealkylation sites (N-methyl/N-ethyl adjacent to an activating group) is 1. The van der Waals surface area contributed by atoms with Crippen LogP contribution in [0.2, 0.25) is 0 Å². The molecule has 0 aromatic carbocycles. The maximum atomic E-state index is 13.4. The van der Waals surface area contributed by atoms with Crippen LogP contribution in [0.1, 0.15) is 55.6 Å². The zero-order valence-electron chi connectivity index (χ0n) is 18.3. The Labute approximate surface area is 180 Å². The second kappa shape index (κ2) is 10.3. The normalized spacial score (nSPS) is 15.5. The van der Waals surface area contributed by atoms with Gasteiger partial charge in [0.2, 0.25) is 11.8 Å². The van der Waals surface area contributed by atoms with Crippen LogP contribution in [0.5, 0.6) is 5.88 Å². The standard InChI is InChI=1S/C21H30F3N3O4/c1-5-20(6-2,19(29)27(3)4)26-17(28)16-8-7-15(21(22,23)24)18(25-16)31-13-14-9-11-30-12-10-14/h7-8,14H,5-6,9-13H2,1-4H3,(H,26,28). The third-order valence-corrected chi connectivity index (χ3v) is 5.57. The highest BCUT2D eigenvalue weighted by molar-refractivity contribution is 5.98. The molecule has 1 aliphatic heterocycles. The van der Waals surface area contributed by atoms with E-state index in [0.29, 0.717) is 38.9 Å². The fourth-order valence-electron chi connectivity index (χ4n) is 3.49. The van der Waals surface area contributed by atoms with Gasteiger partial charge in [0, 0.05) is 27.3 Å². The van der Waals surface area contributed by atoms with E-state index in [1.807, 2.05) is 0 Å². The number of nitrogens with one attached hydrogen (secondary N) is 1. The summed E-state index contributed by atoms with van der Waals surface area (Å²) in [4.78, 5) is 30.7. The van der Waals surface area contributed by atoms with Crippen molar-refractivity contribution in [2.24, 2.45) is 5.92 Å². The van der Waals surface area contributed by atoms with Crippen molar-refractivity contribution in [3.8, 4) is 5.88 Å². The molecule has 2 heterocycles. The highest BCUT2D eigenvalue weighted by Crippen LogP contribution is 2.35. The molecule has 0 spiro atoms. The zero-order chi connectivity index (χ0) is 23.2. The molecule has 0 aliphatic carbocycles. The average Bonchev–Trinajstić information content (AvgIpc) is 2.75. The van der Waals surface area contributed by atoms with Crippen LogP contribution in [0.15, 0.2) is 12.1 Å². The lowest BCUT2D eigenvalue weighted by atomic mass is 9.90. The molecule has 0 saturated carbocycles. The van der Waals surface area contributed by atoms with E-state index in [2.05, 4.69) is 10.3 Å². The molecule has 31 heavy (non-hydrogen) atoms. The molecule has 1 aliphatic rings. The zero-order valence-corrected chi connectivity index (χ0v) is 18.3. The van der Waals surface area contributed by atoms with E-state index in [-0.39, 0.29) is 24.1 Å². The van der Waals surface area contributed by atoms with Gasteiger partial charge in [-0.2, -0.15) is 13.2 Å². The van der Waals surface area contributed by atoms with Crippen LogP contribution in [0, 0.1) is 5.92 Å². The molecule has 1 N–H and O–H groups in total. The predicted molar refractivity (Wildman–Crippen MR) is 108 cm³/mol. The number of rotatable bonds is 8. The number of amides is 2. The summed E-state index contributed by atoms with van der Waals surface area (Å²) in [6.07, 6.45) is -2.67. The number of halogens is 3. The molecular weight excluding hydrogens is 415 g/mol. The van der Waals surface area contributed by atoms with Gasteiger partial charge in [-0.1, -0.05) is 13.8 Å². The van der Waals surface area contributed by atoms with Gasteiger partial charge in [-0.15, -0.1) is 0 Å².